The summed E-state index contributed by atoms with van der Waals surface area (Å²) in [4.78, 5) is 42.4. The van der Waals surface area contributed by atoms with Gasteiger partial charge in [-0.15, -0.1) is 0 Å². The lowest BCUT2D eigenvalue weighted by Crippen LogP contribution is -2.30. The molecular weight excluding hydrogens is 390 g/mol. The minimum atomic E-state index is -0.527. The third-order valence-corrected chi connectivity index (χ3v) is 5.40. The number of amides is 2. The van der Waals surface area contributed by atoms with Gasteiger partial charge in [0.25, 0.3) is 0 Å². The van der Waals surface area contributed by atoms with Crippen molar-refractivity contribution < 1.29 is 19.1 Å². The molecule has 8 heteroatoms. The lowest BCUT2D eigenvalue weighted by molar-refractivity contribution is -0.127. The summed E-state index contributed by atoms with van der Waals surface area (Å²) in [5.74, 6) is -0.783. The van der Waals surface area contributed by atoms with Crippen LogP contribution in [0, 0.1) is 0 Å². The van der Waals surface area contributed by atoms with Gasteiger partial charge in [0.15, 0.2) is 5.17 Å². The zero-order chi connectivity index (χ0) is 20.8. The number of rotatable bonds is 6. The number of esters is 1. The maximum atomic E-state index is 12.5. The molecule has 0 unspecified atom stereocenters. The van der Waals surface area contributed by atoms with Crippen molar-refractivity contribution >= 4 is 46.1 Å². The Balaban J connectivity index is 1.65. The highest BCUT2D eigenvalue weighted by atomic mass is 32.2. The summed E-state index contributed by atoms with van der Waals surface area (Å²) in [7, 11) is 1.64. The standard InChI is InChI=1S/C21H21N3O4S/c1-3-28-20(27)14-9-11-16(12-10-14)23-21-24(2)19(26)17(29-21)13-18(25)22-15-7-5-4-6-8-15/h4-12,17H,3,13H2,1-2H3,(H,22,25)/t17-/m0/s1. The van der Waals surface area contributed by atoms with Crippen LogP contribution in [0.1, 0.15) is 23.7 Å². The lowest BCUT2D eigenvalue weighted by atomic mass is 10.2. The Bertz CT molecular complexity index is 929. The van der Waals surface area contributed by atoms with Crippen LogP contribution in [0.3, 0.4) is 0 Å². The molecule has 2 aromatic carbocycles. The summed E-state index contributed by atoms with van der Waals surface area (Å²) in [5.41, 5.74) is 1.74. The summed E-state index contributed by atoms with van der Waals surface area (Å²) in [5, 5.41) is 2.77. The molecule has 1 aliphatic rings. The van der Waals surface area contributed by atoms with Gasteiger partial charge in [-0.2, -0.15) is 0 Å². The zero-order valence-electron chi connectivity index (χ0n) is 16.1. The van der Waals surface area contributed by atoms with Gasteiger partial charge in [0.2, 0.25) is 11.8 Å². The van der Waals surface area contributed by atoms with Gasteiger partial charge in [-0.05, 0) is 43.3 Å². The van der Waals surface area contributed by atoms with E-state index in [0.717, 1.165) is 0 Å². The Morgan fingerprint density at radius 1 is 1.14 bits per heavy atom. The fourth-order valence-corrected chi connectivity index (χ4v) is 3.85. The van der Waals surface area contributed by atoms with E-state index >= 15 is 0 Å². The summed E-state index contributed by atoms with van der Waals surface area (Å²) >= 11 is 1.25. The van der Waals surface area contributed by atoms with Crippen LogP contribution in [-0.4, -0.2) is 46.8 Å². The molecule has 2 aromatic rings. The normalized spacial score (nSPS) is 17.4. The molecule has 2 amide bonds. The number of hydrogen-bond acceptors (Lipinski definition) is 6. The van der Waals surface area contributed by atoms with Crippen molar-refractivity contribution in [2.45, 2.75) is 18.6 Å². The number of ether oxygens (including phenoxy) is 1. The van der Waals surface area contributed by atoms with E-state index in [4.69, 9.17) is 4.74 Å². The van der Waals surface area contributed by atoms with Gasteiger partial charge in [0.05, 0.1) is 17.9 Å². The second-order valence-electron chi connectivity index (χ2n) is 6.28. The molecule has 29 heavy (non-hydrogen) atoms. The van der Waals surface area contributed by atoms with Gasteiger partial charge < -0.3 is 10.1 Å². The predicted octanol–water partition coefficient (Wildman–Crippen LogP) is 3.45. The highest BCUT2D eigenvalue weighted by molar-refractivity contribution is 8.15. The number of anilines is 1. The number of nitrogens with zero attached hydrogens (tertiary/aromatic N) is 2. The monoisotopic (exact) mass is 411 g/mol. The molecule has 0 bridgehead atoms. The van der Waals surface area contributed by atoms with Crippen LogP contribution < -0.4 is 5.32 Å². The van der Waals surface area contributed by atoms with Crippen LogP contribution >= 0.6 is 11.8 Å². The molecule has 1 fully saturated rings. The molecule has 1 N–H and O–H groups in total. The van der Waals surface area contributed by atoms with E-state index < -0.39 is 11.2 Å². The average Bonchev–Trinajstić information content (AvgIpc) is 2.97. The number of carbonyl (C=O) groups is 3. The van der Waals surface area contributed by atoms with Gasteiger partial charge in [-0.1, -0.05) is 30.0 Å². The van der Waals surface area contributed by atoms with E-state index in [1.165, 1.54) is 16.7 Å². The van der Waals surface area contributed by atoms with E-state index in [2.05, 4.69) is 10.3 Å². The average molecular weight is 411 g/mol. The van der Waals surface area contributed by atoms with Crippen molar-refractivity contribution in [3.05, 3.63) is 60.2 Å². The predicted molar refractivity (Wildman–Crippen MR) is 113 cm³/mol. The van der Waals surface area contributed by atoms with Crippen molar-refractivity contribution in [2.24, 2.45) is 4.99 Å². The number of benzene rings is 2. The van der Waals surface area contributed by atoms with Crippen LogP contribution in [0.15, 0.2) is 59.6 Å². The first-order valence-electron chi connectivity index (χ1n) is 9.13. The molecule has 0 aliphatic carbocycles. The quantitative estimate of drug-likeness (QED) is 0.736. The largest absolute Gasteiger partial charge is 0.462 e. The first-order chi connectivity index (χ1) is 14.0. The molecule has 1 heterocycles. The smallest absolute Gasteiger partial charge is 0.338 e. The molecule has 3 rings (SSSR count). The molecule has 0 aromatic heterocycles. The maximum Gasteiger partial charge on any atom is 0.338 e. The van der Waals surface area contributed by atoms with Crippen molar-refractivity contribution in [2.75, 3.05) is 19.0 Å². The molecule has 0 saturated carbocycles. The van der Waals surface area contributed by atoms with Crippen LogP contribution in [0.2, 0.25) is 0 Å². The third-order valence-electron chi connectivity index (χ3n) is 4.17. The van der Waals surface area contributed by atoms with Crippen molar-refractivity contribution in [3.63, 3.8) is 0 Å². The van der Waals surface area contributed by atoms with Crippen molar-refractivity contribution in [1.82, 2.24) is 4.90 Å². The molecule has 0 radical (unpaired) electrons. The van der Waals surface area contributed by atoms with Gasteiger partial charge in [-0.25, -0.2) is 9.79 Å². The number of carbonyl (C=O) groups excluding carboxylic acids is 3. The fraction of sp³-hybridized carbons (Fsp3) is 0.238. The molecular formula is C21H21N3O4S. The van der Waals surface area contributed by atoms with Crippen molar-refractivity contribution in [3.8, 4) is 0 Å². The Labute approximate surface area is 173 Å². The number of amidine groups is 1. The molecule has 1 aliphatic heterocycles. The number of para-hydroxylation sites is 1. The molecule has 1 saturated heterocycles. The third kappa shape index (κ3) is 5.23. The number of nitrogens with one attached hydrogen (secondary N) is 1. The van der Waals surface area contributed by atoms with E-state index in [9.17, 15) is 14.4 Å². The first kappa shape index (κ1) is 20.6. The summed E-state index contributed by atoms with van der Waals surface area (Å²) < 4.78 is 4.96. The Morgan fingerprint density at radius 3 is 2.48 bits per heavy atom. The minimum absolute atomic E-state index is 0.0591. The summed E-state index contributed by atoms with van der Waals surface area (Å²) in [6, 6.07) is 15.7. The van der Waals surface area contributed by atoms with E-state index in [0.29, 0.717) is 28.7 Å². The Hall–Kier alpha value is -3.13. The van der Waals surface area contributed by atoms with Gasteiger partial charge in [0, 0.05) is 19.2 Å². The van der Waals surface area contributed by atoms with E-state index in [1.807, 2.05) is 18.2 Å². The summed E-state index contributed by atoms with van der Waals surface area (Å²) in [6.45, 7) is 2.06. The summed E-state index contributed by atoms with van der Waals surface area (Å²) in [6.07, 6.45) is 0.0591. The molecule has 1 atom stereocenters. The zero-order valence-corrected chi connectivity index (χ0v) is 16.9. The van der Waals surface area contributed by atoms with E-state index in [-0.39, 0.29) is 18.2 Å². The van der Waals surface area contributed by atoms with Crippen LogP contribution in [0.25, 0.3) is 0 Å². The second-order valence-corrected chi connectivity index (χ2v) is 7.45. The second kappa shape index (κ2) is 9.38. The minimum Gasteiger partial charge on any atom is -0.462 e. The van der Waals surface area contributed by atoms with Crippen molar-refractivity contribution in [1.29, 1.82) is 0 Å². The highest BCUT2D eigenvalue weighted by Gasteiger charge is 2.37. The lowest BCUT2D eigenvalue weighted by Gasteiger charge is -2.09. The SMILES string of the molecule is CCOC(=O)c1ccc(N=C2S[C@@H](CC(=O)Nc3ccccc3)C(=O)N2C)cc1. The highest BCUT2D eigenvalue weighted by Crippen LogP contribution is 2.30. The Morgan fingerprint density at radius 2 is 1.83 bits per heavy atom. The molecule has 0 spiro atoms. The molecule has 150 valence electrons. The Kier molecular flexibility index (Phi) is 6.66. The van der Waals surface area contributed by atoms with Crippen LogP contribution in [-0.2, 0) is 14.3 Å². The molecule has 7 nitrogen and oxygen atoms in total. The van der Waals surface area contributed by atoms with Crippen LogP contribution in [0.4, 0.5) is 11.4 Å². The van der Waals surface area contributed by atoms with Crippen LogP contribution in [0.5, 0.6) is 0 Å². The van der Waals surface area contributed by atoms with Gasteiger partial charge >= 0.3 is 5.97 Å². The number of hydrogen-bond donors (Lipinski definition) is 1. The maximum absolute atomic E-state index is 12.5. The first-order valence-corrected chi connectivity index (χ1v) is 10.0. The van der Waals surface area contributed by atoms with Gasteiger partial charge in [-0.3, -0.25) is 14.5 Å². The van der Waals surface area contributed by atoms with E-state index in [1.54, 1.807) is 50.4 Å². The number of thioether (sulfide) groups is 1. The van der Waals surface area contributed by atoms with Gasteiger partial charge in [0.1, 0.15) is 5.25 Å². The number of aliphatic imine (C=N–C) groups is 1. The fourth-order valence-electron chi connectivity index (χ4n) is 2.70. The topological polar surface area (TPSA) is 88.1 Å².